The highest BCUT2D eigenvalue weighted by molar-refractivity contribution is 7.13. The fourth-order valence-electron chi connectivity index (χ4n) is 3.13. The number of thiophene rings is 1. The van der Waals surface area contributed by atoms with E-state index in [-0.39, 0.29) is 17.4 Å². The standard InChI is InChI=1S/C19H15N3O2S/c23-22(24)13-15(14-7-2-1-3-8-14)19-18(16-9-6-12-25-16)20-17-10-4-5-11-21(17)19/h1-12,15H,13H2. The largest absolute Gasteiger partial charge is 0.302 e. The maximum Gasteiger partial charge on any atom is 0.216 e. The molecule has 0 saturated carbocycles. The van der Waals surface area contributed by atoms with Gasteiger partial charge in [-0.05, 0) is 29.1 Å². The third kappa shape index (κ3) is 2.92. The van der Waals surface area contributed by atoms with Crippen LogP contribution >= 0.6 is 11.3 Å². The first-order valence-electron chi connectivity index (χ1n) is 7.91. The van der Waals surface area contributed by atoms with E-state index in [1.165, 1.54) is 0 Å². The van der Waals surface area contributed by atoms with Crippen molar-refractivity contribution in [1.29, 1.82) is 0 Å². The summed E-state index contributed by atoms with van der Waals surface area (Å²) in [6.07, 6.45) is 1.92. The Morgan fingerprint density at radius 1 is 1.08 bits per heavy atom. The minimum atomic E-state index is -0.370. The van der Waals surface area contributed by atoms with Crippen LogP contribution in [0.15, 0.2) is 72.2 Å². The Bertz CT molecular complexity index is 1010. The summed E-state index contributed by atoms with van der Waals surface area (Å²) in [6, 6.07) is 19.4. The van der Waals surface area contributed by atoms with E-state index < -0.39 is 0 Å². The van der Waals surface area contributed by atoms with E-state index in [0.717, 1.165) is 27.5 Å². The average Bonchev–Trinajstić information content (AvgIpc) is 3.28. The van der Waals surface area contributed by atoms with Gasteiger partial charge >= 0.3 is 0 Å². The van der Waals surface area contributed by atoms with Crippen LogP contribution in [0.1, 0.15) is 17.2 Å². The van der Waals surface area contributed by atoms with Crippen molar-refractivity contribution in [2.45, 2.75) is 5.92 Å². The maximum atomic E-state index is 11.4. The molecule has 3 heterocycles. The maximum absolute atomic E-state index is 11.4. The van der Waals surface area contributed by atoms with E-state index in [1.54, 1.807) is 11.3 Å². The fraction of sp³-hybridized carbons (Fsp3) is 0.105. The lowest BCUT2D eigenvalue weighted by Crippen LogP contribution is -2.16. The van der Waals surface area contributed by atoms with Gasteiger partial charge in [0, 0.05) is 11.1 Å². The Hall–Kier alpha value is -2.99. The van der Waals surface area contributed by atoms with Crippen LogP contribution in [0.5, 0.6) is 0 Å². The highest BCUT2D eigenvalue weighted by Crippen LogP contribution is 2.36. The molecule has 124 valence electrons. The van der Waals surface area contributed by atoms with Gasteiger partial charge in [0.1, 0.15) is 11.3 Å². The minimum absolute atomic E-state index is 0.176. The van der Waals surface area contributed by atoms with Crippen LogP contribution in [0, 0.1) is 10.1 Å². The molecular weight excluding hydrogens is 334 g/mol. The SMILES string of the molecule is O=[N+]([O-])CC(c1ccccc1)c1c(-c2cccs2)nc2ccccn12. The van der Waals surface area contributed by atoms with Crippen molar-refractivity contribution in [3.63, 3.8) is 0 Å². The third-order valence-electron chi connectivity index (χ3n) is 4.19. The molecule has 0 fully saturated rings. The first-order chi connectivity index (χ1) is 12.2. The topological polar surface area (TPSA) is 60.4 Å². The monoisotopic (exact) mass is 349 g/mol. The number of pyridine rings is 1. The highest BCUT2D eigenvalue weighted by atomic mass is 32.1. The predicted octanol–water partition coefficient (Wildman–Crippen LogP) is 4.47. The van der Waals surface area contributed by atoms with Gasteiger partial charge in [-0.1, -0.05) is 42.5 Å². The second kappa shape index (κ2) is 6.49. The summed E-state index contributed by atoms with van der Waals surface area (Å²) < 4.78 is 1.97. The van der Waals surface area contributed by atoms with Crippen molar-refractivity contribution >= 4 is 17.0 Å². The van der Waals surface area contributed by atoms with E-state index in [4.69, 9.17) is 4.98 Å². The second-order valence-electron chi connectivity index (χ2n) is 5.73. The Balaban J connectivity index is 1.99. The average molecular weight is 349 g/mol. The van der Waals surface area contributed by atoms with Crippen LogP contribution < -0.4 is 0 Å². The van der Waals surface area contributed by atoms with Gasteiger partial charge in [0.05, 0.1) is 16.5 Å². The lowest BCUT2D eigenvalue weighted by molar-refractivity contribution is -0.482. The zero-order valence-electron chi connectivity index (χ0n) is 13.3. The summed E-state index contributed by atoms with van der Waals surface area (Å²) >= 11 is 1.59. The predicted molar refractivity (Wildman–Crippen MR) is 98.7 cm³/mol. The van der Waals surface area contributed by atoms with Gasteiger partial charge in [-0.25, -0.2) is 4.98 Å². The summed E-state index contributed by atoms with van der Waals surface area (Å²) in [5.41, 5.74) is 3.39. The number of nitrogens with zero attached hydrogens (tertiary/aromatic N) is 3. The number of aromatic nitrogens is 2. The molecule has 6 heteroatoms. The molecule has 0 amide bonds. The van der Waals surface area contributed by atoms with Gasteiger partial charge in [-0.2, -0.15) is 0 Å². The molecule has 0 spiro atoms. The van der Waals surface area contributed by atoms with Crippen molar-refractivity contribution in [3.05, 3.63) is 93.6 Å². The molecule has 4 aromatic rings. The molecule has 4 rings (SSSR count). The molecule has 1 unspecified atom stereocenters. The van der Waals surface area contributed by atoms with E-state index in [2.05, 4.69) is 0 Å². The van der Waals surface area contributed by atoms with Crippen LogP contribution in [-0.4, -0.2) is 20.9 Å². The number of hydrogen-bond donors (Lipinski definition) is 0. The molecule has 0 bridgehead atoms. The molecule has 0 radical (unpaired) electrons. The Morgan fingerprint density at radius 3 is 2.60 bits per heavy atom. The Morgan fingerprint density at radius 2 is 1.88 bits per heavy atom. The van der Waals surface area contributed by atoms with E-state index in [0.29, 0.717) is 0 Å². The Labute approximate surface area is 148 Å². The van der Waals surface area contributed by atoms with E-state index in [9.17, 15) is 10.1 Å². The number of hydrogen-bond acceptors (Lipinski definition) is 4. The summed E-state index contributed by atoms with van der Waals surface area (Å²) in [7, 11) is 0. The lowest BCUT2D eigenvalue weighted by Gasteiger charge is -2.15. The molecule has 25 heavy (non-hydrogen) atoms. The van der Waals surface area contributed by atoms with Gasteiger partial charge in [-0.15, -0.1) is 11.3 Å². The van der Waals surface area contributed by atoms with Crippen LogP contribution in [0.2, 0.25) is 0 Å². The summed E-state index contributed by atoms with van der Waals surface area (Å²) in [5, 5.41) is 13.4. The smallest absolute Gasteiger partial charge is 0.216 e. The second-order valence-corrected chi connectivity index (χ2v) is 6.68. The lowest BCUT2D eigenvalue weighted by atomic mass is 9.94. The van der Waals surface area contributed by atoms with Gasteiger partial charge in [0.15, 0.2) is 0 Å². The zero-order chi connectivity index (χ0) is 17.2. The van der Waals surface area contributed by atoms with Crippen molar-refractivity contribution in [2.75, 3.05) is 6.54 Å². The number of benzene rings is 1. The van der Waals surface area contributed by atoms with Crippen LogP contribution in [0.3, 0.4) is 0 Å². The van der Waals surface area contributed by atoms with Crippen LogP contribution in [0.4, 0.5) is 0 Å². The molecule has 0 aliphatic rings. The van der Waals surface area contributed by atoms with Gasteiger partial charge in [-0.3, -0.25) is 10.1 Å². The van der Waals surface area contributed by atoms with Crippen molar-refractivity contribution < 1.29 is 4.92 Å². The third-order valence-corrected chi connectivity index (χ3v) is 5.06. The fourth-order valence-corrected chi connectivity index (χ4v) is 3.85. The molecule has 0 aliphatic heterocycles. The molecule has 0 saturated heterocycles. The van der Waals surface area contributed by atoms with Gasteiger partial charge in [0.25, 0.3) is 0 Å². The first kappa shape index (κ1) is 15.5. The number of rotatable bonds is 5. The molecule has 0 aliphatic carbocycles. The summed E-state index contributed by atoms with van der Waals surface area (Å²) in [6.45, 7) is -0.176. The quantitative estimate of drug-likeness (QED) is 0.394. The van der Waals surface area contributed by atoms with Crippen molar-refractivity contribution in [3.8, 4) is 10.6 Å². The summed E-state index contributed by atoms with van der Waals surface area (Å²) in [5.74, 6) is -0.370. The molecule has 1 aromatic carbocycles. The van der Waals surface area contributed by atoms with Crippen LogP contribution in [0.25, 0.3) is 16.2 Å². The van der Waals surface area contributed by atoms with E-state index >= 15 is 0 Å². The number of fused-ring (bicyclic) bond motifs is 1. The van der Waals surface area contributed by atoms with Crippen molar-refractivity contribution in [1.82, 2.24) is 9.38 Å². The molecule has 3 aromatic heterocycles. The number of nitro groups is 1. The molecule has 1 atom stereocenters. The van der Waals surface area contributed by atoms with Crippen molar-refractivity contribution in [2.24, 2.45) is 0 Å². The molecule has 5 nitrogen and oxygen atoms in total. The van der Waals surface area contributed by atoms with Gasteiger partial charge in [0.2, 0.25) is 6.54 Å². The minimum Gasteiger partial charge on any atom is -0.302 e. The zero-order valence-corrected chi connectivity index (χ0v) is 14.1. The molecular formula is C19H15N3O2S. The Kier molecular flexibility index (Phi) is 4.03. The molecule has 0 N–H and O–H groups in total. The van der Waals surface area contributed by atoms with Crippen LogP contribution in [-0.2, 0) is 0 Å². The first-order valence-corrected chi connectivity index (χ1v) is 8.79. The normalized spacial score (nSPS) is 12.3. The highest BCUT2D eigenvalue weighted by Gasteiger charge is 2.28. The van der Waals surface area contributed by atoms with Gasteiger partial charge < -0.3 is 4.40 Å². The number of imidazole rings is 1. The summed E-state index contributed by atoms with van der Waals surface area (Å²) in [4.78, 5) is 16.9. The van der Waals surface area contributed by atoms with E-state index in [1.807, 2.05) is 76.6 Å².